The number of aryl methyl sites for hydroxylation is 2. The Labute approximate surface area is 313 Å². The Balaban J connectivity index is 0.000000260. The molecule has 0 atom stereocenters. The fourth-order valence-electron chi connectivity index (χ4n) is 6.66. The minimum Gasteiger partial charge on any atom is -0.444 e. The van der Waals surface area contributed by atoms with Crippen molar-refractivity contribution in [2.45, 2.75) is 91.8 Å². The molecule has 0 aromatic heterocycles. The normalized spacial score (nSPS) is 15.2. The van der Waals surface area contributed by atoms with Crippen molar-refractivity contribution in [1.29, 1.82) is 0 Å². The van der Waals surface area contributed by atoms with Gasteiger partial charge in [-0.1, -0.05) is 78.9 Å². The van der Waals surface area contributed by atoms with Crippen LogP contribution in [0.3, 0.4) is 0 Å². The van der Waals surface area contributed by atoms with Gasteiger partial charge < -0.3 is 26.7 Å². The van der Waals surface area contributed by atoms with Crippen molar-refractivity contribution in [2.24, 2.45) is 0 Å². The second-order valence-corrected chi connectivity index (χ2v) is 15.1. The van der Waals surface area contributed by atoms with Crippen molar-refractivity contribution in [2.75, 3.05) is 26.2 Å². The van der Waals surface area contributed by atoms with Gasteiger partial charge in [0.1, 0.15) is 11.2 Å². The SMILES string of the molecule is Cc1ccc(C2=CCN(C(=O)OC(C)(C)C)CC2)c2ccccc12.Cc1ccc(C2CCN(C(=O)OC(C)(C)C)CC2)c2ccccc12.[CH3-].[Pd]. The molecular formula is C43H55N2O4Pd-. The predicted octanol–water partition coefficient (Wildman–Crippen LogP) is 10.9. The number of rotatable bonds is 2. The number of likely N-dealkylation sites (tertiary alicyclic amines) is 1. The molecule has 0 radical (unpaired) electrons. The minimum absolute atomic E-state index is 0. The van der Waals surface area contributed by atoms with E-state index in [1.807, 2.05) is 46.4 Å². The summed E-state index contributed by atoms with van der Waals surface area (Å²) in [5.74, 6) is 0.509. The number of benzene rings is 4. The maximum atomic E-state index is 12.2. The van der Waals surface area contributed by atoms with E-state index in [-0.39, 0.29) is 40.0 Å². The van der Waals surface area contributed by atoms with Gasteiger partial charge in [0.2, 0.25) is 0 Å². The van der Waals surface area contributed by atoms with Crippen LogP contribution >= 0.6 is 0 Å². The van der Waals surface area contributed by atoms with Gasteiger partial charge in [-0.3, -0.25) is 0 Å². The van der Waals surface area contributed by atoms with Crippen LogP contribution in [0.15, 0.2) is 78.9 Å². The summed E-state index contributed by atoms with van der Waals surface area (Å²) in [4.78, 5) is 28.0. The number of nitrogens with zero attached hydrogens (tertiary/aromatic N) is 2. The molecule has 2 aliphatic heterocycles. The van der Waals surface area contributed by atoms with Crippen molar-refractivity contribution in [3.05, 3.63) is 109 Å². The molecule has 2 heterocycles. The molecule has 0 spiro atoms. The fourth-order valence-corrected chi connectivity index (χ4v) is 6.66. The number of piperidine rings is 1. The van der Waals surface area contributed by atoms with E-state index in [9.17, 15) is 9.59 Å². The van der Waals surface area contributed by atoms with Gasteiger partial charge in [-0.05, 0) is 130 Å². The van der Waals surface area contributed by atoms with Crippen LogP contribution in [0, 0.1) is 21.3 Å². The van der Waals surface area contributed by atoms with Gasteiger partial charge in [-0.15, -0.1) is 0 Å². The maximum absolute atomic E-state index is 12.2. The first-order chi connectivity index (χ1) is 22.7. The molecule has 0 bridgehead atoms. The zero-order chi connectivity index (χ0) is 34.6. The Morgan fingerprint density at radius 1 is 0.640 bits per heavy atom. The van der Waals surface area contributed by atoms with E-state index in [1.165, 1.54) is 49.4 Å². The minimum atomic E-state index is -0.450. The monoisotopic (exact) mass is 769 g/mol. The van der Waals surface area contributed by atoms with Crippen molar-refractivity contribution in [3.8, 4) is 0 Å². The fraction of sp³-hybridized carbons (Fsp3) is 0.419. The third-order valence-electron chi connectivity index (χ3n) is 9.11. The van der Waals surface area contributed by atoms with Crippen molar-refractivity contribution < 1.29 is 39.5 Å². The van der Waals surface area contributed by atoms with E-state index in [0.717, 1.165) is 32.4 Å². The molecule has 6 rings (SSSR count). The van der Waals surface area contributed by atoms with E-state index in [2.05, 4.69) is 92.7 Å². The number of carbonyl (C=O) groups excluding carboxylic acids is 2. The summed E-state index contributed by atoms with van der Waals surface area (Å²) in [5, 5.41) is 5.28. The zero-order valence-corrected chi connectivity index (χ0v) is 32.9. The summed E-state index contributed by atoms with van der Waals surface area (Å²) in [7, 11) is 0. The summed E-state index contributed by atoms with van der Waals surface area (Å²) < 4.78 is 11.0. The van der Waals surface area contributed by atoms with Gasteiger partial charge in [0.25, 0.3) is 0 Å². The van der Waals surface area contributed by atoms with Crippen molar-refractivity contribution in [3.63, 3.8) is 0 Å². The molecule has 2 amide bonds. The topological polar surface area (TPSA) is 59.1 Å². The average Bonchev–Trinajstić information content (AvgIpc) is 3.04. The van der Waals surface area contributed by atoms with Crippen LogP contribution in [0.25, 0.3) is 27.1 Å². The number of ether oxygens (including phenoxy) is 2. The summed E-state index contributed by atoms with van der Waals surface area (Å²) in [5.41, 5.74) is 5.74. The Kier molecular flexibility index (Phi) is 13.9. The third-order valence-corrected chi connectivity index (χ3v) is 9.11. The van der Waals surface area contributed by atoms with Crippen LogP contribution in [0.1, 0.15) is 89.0 Å². The van der Waals surface area contributed by atoms with Crippen LogP contribution in [-0.2, 0) is 29.9 Å². The molecule has 4 aromatic rings. The number of amides is 2. The molecule has 4 aromatic carbocycles. The third kappa shape index (κ3) is 10.2. The van der Waals surface area contributed by atoms with E-state index >= 15 is 0 Å². The second kappa shape index (κ2) is 17.0. The Morgan fingerprint density at radius 2 is 1.12 bits per heavy atom. The molecule has 272 valence electrons. The molecule has 0 N–H and O–H groups in total. The van der Waals surface area contributed by atoms with Gasteiger partial charge in [0.15, 0.2) is 0 Å². The summed E-state index contributed by atoms with van der Waals surface area (Å²) in [6, 6.07) is 26.0. The number of carbonyl (C=O) groups is 2. The van der Waals surface area contributed by atoms with Crippen LogP contribution in [0.5, 0.6) is 0 Å². The van der Waals surface area contributed by atoms with E-state index in [1.54, 1.807) is 4.90 Å². The van der Waals surface area contributed by atoms with Crippen molar-refractivity contribution >= 4 is 39.3 Å². The second-order valence-electron chi connectivity index (χ2n) is 15.1. The molecule has 1 saturated heterocycles. The van der Waals surface area contributed by atoms with Gasteiger partial charge in [0, 0.05) is 46.6 Å². The molecule has 1 fully saturated rings. The number of hydrogen-bond acceptors (Lipinski definition) is 4. The first-order valence-electron chi connectivity index (χ1n) is 17.3. The van der Waals surface area contributed by atoms with Gasteiger partial charge in [-0.25, -0.2) is 9.59 Å². The van der Waals surface area contributed by atoms with Crippen molar-refractivity contribution in [1.82, 2.24) is 9.80 Å². The number of hydrogen-bond donors (Lipinski definition) is 0. The molecule has 2 aliphatic rings. The number of fused-ring (bicyclic) bond motifs is 2. The van der Waals surface area contributed by atoms with Crippen LogP contribution in [0.4, 0.5) is 9.59 Å². The first-order valence-corrected chi connectivity index (χ1v) is 17.3. The molecule has 7 heteroatoms. The van der Waals surface area contributed by atoms with Gasteiger partial charge in [0.05, 0.1) is 0 Å². The Hall–Kier alpha value is -3.66. The van der Waals surface area contributed by atoms with E-state index in [4.69, 9.17) is 9.47 Å². The van der Waals surface area contributed by atoms with E-state index < -0.39 is 11.2 Å². The smallest absolute Gasteiger partial charge is 0.410 e. The summed E-state index contributed by atoms with van der Waals surface area (Å²) >= 11 is 0. The molecular weight excluding hydrogens is 715 g/mol. The average molecular weight is 770 g/mol. The first kappa shape index (κ1) is 40.8. The largest absolute Gasteiger partial charge is 0.444 e. The van der Waals surface area contributed by atoms with Gasteiger partial charge >= 0.3 is 12.2 Å². The standard InChI is InChI=1S/C21H27NO2.C21H25NO2.CH3.Pd/c2*1-15-9-10-18(19-8-6-5-7-17(15)19)16-11-13-22(14-12-16)20(23)24-21(2,3)4;;/h5-10,16H,11-14H2,1-4H3;5-11H,12-14H2,1-4H3;1H3;/q;;-1;. The van der Waals surface area contributed by atoms with E-state index in [0.29, 0.717) is 19.0 Å². The van der Waals surface area contributed by atoms with Gasteiger partial charge in [-0.2, -0.15) is 0 Å². The van der Waals surface area contributed by atoms with Crippen LogP contribution in [-0.4, -0.2) is 59.4 Å². The molecule has 50 heavy (non-hydrogen) atoms. The maximum Gasteiger partial charge on any atom is 0.410 e. The molecule has 6 nitrogen and oxygen atoms in total. The Morgan fingerprint density at radius 3 is 1.64 bits per heavy atom. The predicted molar refractivity (Wildman–Crippen MR) is 204 cm³/mol. The van der Waals surface area contributed by atoms with Crippen LogP contribution < -0.4 is 0 Å². The summed E-state index contributed by atoms with van der Waals surface area (Å²) in [6.45, 7) is 18.6. The molecule has 0 unspecified atom stereocenters. The van der Waals surface area contributed by atoms with Crippen LogP contribution in [0.2, 0.25) is 0 Å². The molecule has 0 saturated carbocycles. The summed E-state index contributed by atoms with van der Waals surface area (Å²) in [6.07, 6.45) is 4.58. The zero-order valence-electron chi connectivity index (χ0n) is 31.4. The Bertz CT molecular complexity index is 1810. The molecule has 0 aliphatic carbocycles. The quantitative estimate of drug-likeness (QED) is 0.150.